The molecule has 0 unspecified atom stereocenters. The topological polar surface area (TPSA) is 58.8 Å². The quantitative estimate of drug-likeness (QED) is 0.804. The molecule has 0 atom stereocenters. The van der Waals surface area contributed by atoms with Crippen LogP contribution in [0.2, 0.25) is 0 Å². The summed E-state index contributed by atoms with van der Waals surface area (Å²) in [5.74, 6) is 2.21. The minimum atomic E-state index is 0.554. The van der Waals surface area contributed by atoms with E-state index in [1.54, 1.807) is 24.9 Å². The molecule has 0 spiro atoms. The summed E-state index contributed by atoms with van der Waals surface area (Å²) in [5, 5.41) is 8.90. The Labute approximate surface area is 114 Å². The molecule has 0 aliphatic rings. The molecule has 0 amide bonds. The Morgan fingerprint density at radius 3 is 2.94 bits per heavy atom. The molecular formula is C12H11N3OS2. The van der Waals surface area contributed by atoms with E-state index in [0.717, 1.165) is 21.5 Å². The minimum Gasteiger partial charge on any atom is -0.495 e. The second-order valence-electron chi connectivity index (χ2n) is 3.54. The van der Waals surface area contributed by atoms with Gasteiger partial charge in [0.05, 0.1) is 12.7 Å². The molecule has 1 heterocycles. The molecule has 0 radical (unpaired) electrons. The third-order valence-corrected chi connectivity index (χ3v) is 4.25. The molecule has 1 aromatic heterocycles. The van der Waals surface area contributed by atoms with Crippen LogP contribution in [0.1, 0.15) is 17.0 Å². The molecule has 0 aliphatic heterocycles. The van der Waals surface area contributed by atoms with Gasteiger partial charge >= 0.3 is 0 Å². The second-order valence-corrected chi connectivity index (χ2v) is 5.52. The first-order valence-corrected chi connectivity index (χ1v) is 6.99. The van der Waals surface area contributed by atoms with Crippen molar-refractivity contribution in [1.29, 1.82) is 5.26 Å². The molecule has 0 aliphatic carbocycles. The summed E-state index contributed by atoms with van der Waals surface area (Å²) in [5.41, 5.74) is 1.65. The summed E-state index contributed by atoms with van der Waals surface area (Å²) < 4.78 is 10.3. The molecule has 0 bridgehead atoms. The zero-order valence-corrected chi connectivity index (χ0v) is 11.6. The van der Waals surface area contributed by atoms with E-state index in [-0.39, 0.29) is 0 Å². The van der Waals surface area contributed by atoms with Gasteiger partial charge < -0.3 is 4.74 Å². The average molecular weight is 277 g/mol. The van der Waals surface area contributed by atoms with Crippen LogP contribution >= 0.6 is 23.3 Å². The SMILES string of the molecule is COc1cc(CSc2nc(C)ns2)ccc1C#N. The molecule has 18 heavy (non-hydrogen) atoms. The number of hydrogen-bond acceptors (Lipinski definition) is 6. The van der Waals surface area contributed by atoms with E-state index in [1.807, 2.05) is 19.1 Å². The van der Waals surface area contributed by atoms with Gasteiger partial charge in [0.2, 0.25) is 0 Å². The van der Waals surface area contributed by atoms with E-state index in [1.165, 1.54) is 11.5 Å². The van der Waals surface area contributed by atoms with Gasteiger partial charge in [0.25, 0.3) is 0 Å². The molecular weight excluding hydrogens is 266 g/mol. The number of methoxy groups -OCH3 is 1. The largest absolute Gasteiger partial charge is 0.495 e. The second kappa shape index (κ2) is 5.85. The first-order valence-electron chi connectivity index (χ1n) is 5.23. The number of nitriles is 1. The molecule has 92 valence electrons. The van der Waals surface area contributed by atoms with Crippen molar-refractivity contribution in [2.24, 2.45) is 0 Å². The van der Waals surface area contributed by atoms with Crippen molar-refractivity contribution in [3.8, 4) is 11.8 Å². The van der Waals surface area contributed by atoms with Crippen LogP contribution in [0.15, 0.2) is 22.5 Å². The van der Waals surface area contributed by atoms with Gasteiger partial charge in [-0.05, 0) is 36.2 Å². The van der Waals surface area contributed by atoms with E-state index in [2.05, 4.69) is 15.4 Å². The molecule has 0 fully saturated rings. The molecule has 1 aromatic carbocycles. The molecule has 2 rings (SSSR count). The van der Waals surface area contributed by atoms with Crippen LogP contribution in [-0.4, -0.2) is 16.5 Å². The third-order valence-electron chi connectivity index (χ3n) is 2.26. The van der Waals surface area contributed by atoms with E-state index in [0.29, 0.717) is 11.3 Å². The zero-order chi connectivity index (χ0) is 13.0. The van der Waals surface area contributed by atoms with Crippen molar-refractivity contribution < 1.29 is 4.74 Å². The van der Waals surface area contributed by atoms with Crippen molar-refractivity contribution in [3.05, 3.63) is 35.2 Å². The Morgan fingerprint density at radius 1 is 1.50 bits per heavy atom. The molecule has 0 N–H and O–H groups in total. The normalized spacial score (nSPS) is 10.1. The predicted octanol–water partition coefficient (Wildman–Crippen LogP) is 3.02. The predicted molar refractivity (Wildman–Crippen MR) is 71.9 cm³/mol. The number of aromatic nitrogens is 2. The van der Waals surface area contributed by atoms with E-state index in [9.17, 15) is 0 Å². The smallest absolute Gasteiger partial charge is 0.170 e. The van der Waals surface area contributed by atoms with Gasteiger partial charge in [-0.3, -0.25) is 0 Å². The fourth-order valence-corrected chi connectivity index (χ4v) is 2.99. The number of nitrogens with zero attached hydrogens (tertiary/aromatic N) is 3. The van der Waals surface area contributed by atoms with E-state index >= 15 is 0 Å². The fourth-order valence-electron chi connectivity index (χ4n) is 1.40. The van der Waals surface area contributed by atoms with Crippen molar-refractivity contribution in [3.63, 3.8) is 0 Å². The standard InChI is InChI=1S/C12H11N3OS2/c1-8-14-12(18-15-8)17-7-9-3-4-10(6-13)11(5-9)16-2/h3-5H,7H2,1-2H3. The first kappa shape index (κ1) is 12.9. The van der Waals surface area contributed by atoms with Crippen molar-refractivity contribution in [1.82, 2.24) is 9.36 Å². The summed E-state index contributed by atoms with van der Waals surface area (Å²) in [6.45, 7) is 1.88. The maximum absolute atomic E-state index is 8.90. The number of rotatable bonds is 4. The van der Waals surface area contributed by atoms with Crippen molar-refractivity contribution in [2.75, 3.05) is 7.11 Å². The van der Waals surface area contributed by atoms with Gasteiger partial charge in [0.15, 0.2) is 4.34 Å². The highest BCUT2D eigenvalue weighted by Gasteiger charge is 2.06. The molecule has 0 saturated heterocycles. The Balaban J connectivity index is 2.08. The summed E-state index contributed by atoms with van der Waals surface area (Å²) in [7, 11) is 1.57. The number of thioether (sulfide) groups is 1. The Morgan fingerprint density at radius 2 is 2.33 bits per heavy atom. The summed E-state index contributed by atoms with van der Waals surface area (Å²) in [6.07, 6.45) is 0. The van der Waals surface area contributed by atoms with Crippen molar-refractivity contribution >= 4 is 23.3 Å². The van der Waals surface area contributed by atoms with Crippen molar-refractivity contribution in [2.45, 2.75) is 17.0 Å². The monoisotopic (exact) mass is 277 g/mol. The summed E-state index contributed by atoms with van der Waals surface area (Å²) in [4.78, 5) is 4.29. The summed E-state index contributed by atoms with van der Waals surface area (Å²) in [6, 6.07) is 7.70. The van der Waals surface area contributed by atoms with Crippen LogP contribution in [0, 0.1) is 18.3 Å². The van der Waals surface area contributed by atoms with Gasteiger partial charge in [0, 0.05) is 5.75 Å². The van der Waals surface area contributed by atoms with Gasteiger partial charge in [-0.15, -0.1) is 0 Å². The number of ether oxygens (including phenoxy) is 1. The lowest BCUT2D eigenvalue weighted by Crippen LogP contribution is -1.90. The Bertz CT molecular complexity index is 589. The molecule has 0 saturated carbocycles. The van der Waals surface area contributed by atoms with Gasteiger partial charge in [-0.2, -0.15) is 9.64 Å². The lowest BCUT2D eigenvalue weighted by molar-refractivity contribution is 0.413. The highest BCUT2D eigenvalue weighted by molar-refractivity contribution is 8.00. The number of aryl methyl sites for hydroxylation is 1. The molecule has 6 heteroatoms. The zero-order valence-electron chi connectivity index (χ0n) is 10.0. The van der Waals surface area contributed by atoms with Crippen LogP contribution < -0.4 is 4.74 Å². The van der Waals surface area contributed by atoms with Gasteiger partial charge in [-0.25, -0.2) is 4.98 Å². The Hall–Kier alpha value is -1.58. The lowest BCUT2D eigenvalue weighted by Gasteiger charge is -2.05. The maximum atomic E-state index is 8.90. The lowest BCUT2D eigenvalue weighted by atomic mass is 10.1. The highest BCUT2D eigenvalue weighted by atomic mass is 32.2. The highest BCUT2D eigenvalue weighted by Crippen LogP contribution is 2.27. The van der Waals surface area contributed by atoms with E-state index in [4.69, 9.17) is 10.00 Å². The molecule has 2 aromatic rings. The fraction of sp³-hybridized carbons (Fsp3) is 0.250. The van der Waals surface area contributed by atoms with E-state index < -0.39 is 0 Å². The van der Waals surface area contributed by atoms with Crippen LogP contribution in [0.5, 0.6) is 5.75 Å². The third kappa shape index (κ3) is 3.00. The van der Waals surface area contributed by atoms with Crippen LogP contribution in [0.3, 0.4) is 0 Å². The van der Waals surface area contributed by atoms with Crippen LogP contribution in [-0.2, 0) is 5.75 Å². The average Bonchev–Trinajstić information content (AvgIpc) is 2.81. The number of benzene rings is 1. The van der Waals surface area contributed by atoms with Gasteiger partial charge in [0.1, 0.15) is 17.6 Å². The molecule has 4 nitrogen and oxygen atoms in total. The first-order chi connectivity index (χ1) is 8.72. The van der Waals surface area contributed by atoms with Gasteiger partial charge in [-0.1, -0.05) is 17.8 Å². The Kier molecular flexibility index (Phi) is 4.18. The minimum absolute atomic E-state index is 0.554. The summed E-state index contributed by atoms with van der Waals surface area (Å²) >= 11 is 3.04. The van der Waals surface area contributed by atoms with Crippen LogP contribution in [0.4, 0.5) is 0 Å². The number of hydrogen-bond donors (Lipinski definition) is 0. The maximum Gasteiger partial charge on any atom is 0.170 e. The van der Waals surface area contributed by atoms with Crippen LogP contribution in [0.25, 0.3) is 0 Å².